The van der Waals surface area contributed by atoms with Gasteiger partial charge in [0.25, 0.3) is 5.56 Å². The molecule has 0 aliphatic carbocycles. The van der Waals surface area contributed by atoms with E-state index in [4.69, 9.17) is 0 Å². The molecular formula is C17H18FN3O2S. The maximum absolute atomic E-state index is 13.1. The molecule has 7 heteroatoms. The first-order chi connectivity index (χ1) is 11.5. The molecule has 5 nitrogen and oxygen atoms in total. The van der Waals surface area contributed by atoms with Crippen molar-refractivity contribution in [2.24, 2.45) is 0 Å². The van der Waals surface area contributed by atoms with E-state index in [2.05, 4.69) is 4.98 Å². The maximum Gasteiger partial charge on any atom is 0.259 e. The molecule has 0 radical (unpaired) electrons. The van der Waals surface area contributed by atoms with Gasteiger partial charge in [-0.25, -0.2) is 9.37 Å². The number of rotatable bonds is 5. The number of aliphatic hydroxyl groups excluding tert-OH is 1. The monoisotopic (exact) mass is 347 g/mol. The SMILES string of the molecule is CCN(Cc1cc(=O)n2c(CO)c(C)sc2n1)c1ccc(F)cc1. The lowest BCUT2D eigenvalue weighted by molar-refractivity contribution is 0.275. The number of halogens is 1. The van der Waals surface area contributed by atoms with Crippen LogP contribution in [0, 0.1) is 12.7 Å². The van der Waals surface area contributed by atoms with E-state index in [0.717, 1.165) is 10.6 Å². The first-order valence-electron chi connectivity index (χ1n) is 7.65. The molecule has 126 valence electrons. The quantitative estimate of drug-likeness (QED) is 0.771. The highest BCUT2D eigenvalue weighted by Crippen LogP contribution is 2.21. The van der Waals surface area contributed by atoms with Crippen molar-refractivity contribution in [3.05, 3.63) is 62.8 Å². The summed E-state index contributed by atoms with van der Waals surface area (Å²) in [5.41, 5.74) is 1.92. The minimum absolute atomic E-state index is 0.191. The van der Waals surface area contributed by atoms with Gasteiger partial charge in [-0.05, 0) is 38.1 Å². The van der Waals surface area contributed by atoms with Crippen LogP contribution in [0.5, 0.6) is 0 Å². The molecule has 0 atom stereocenters. The molecule has 1 aromatic carbocycles. The highest BCUT2D eigenvalue weighted by Gasteiger charge is 2.14. The number of aromatic nitrogens is 2. The van der Waals surface area contributed by atoms with Gasteiger partial charge in [-0.2, -0.15) is 0 Å². The van der Waals surface area contributed by atoms with Gasteiger partial charge in [-0.1, -0.05) is 0 Å². The fourth-order valence-corrected chi connectivity index (χ4v) is 3.67. The number of nitrogens with zero attached hydrogens (tertiary/aromatic N) is 3. The second-order valence-corrected chi connectivity index (χ2v) is 6.64. The molecule has 3 aromatic rings. The summed E-state index contributed by atoms with van der Waals surface area (Å²) in [6.07, 6.45) is 0. The van der Waals surface area contributed by atoms with E-state index < -0.39 is 0 Å². The minimum Gasteiger partial charge on any atom is -0.390 e. The van der Waals surface area contributed by atoms with E-state index in [9.17, 15) is 14.3 Å². The van der Waals surface area contributed by atoms with Crippen molar-refractivity contribution in [3.8, 4) is 0 Å². The maximum atomic E-state index is 13.1. The number of aryl methyl sites for hydroxylation is 1. The van der Waals surface area contributed by atoms with Gasteiger partial charge in [-0.15, -0.1) is 11.3 Å². The van der Waals surface area contributed by atoms with Crippen LogP contribution >= 0.6 is 11.3 Å². The molecule has 2 heterocycles. The Bertz CT molecular complexity index is 918. The van der Waals surface area contributed by atoms with Crippen LogP contribution in [0.15, 0.2) is 35.1 Å². The Labute approximate surface area is 142 Å². The van der Waals surface area contributed by atoms with Gasteiger partial charge in [-0.3, -0.25) is 9.20 Å². The van der Waals surface area contributed by atoms with Crippen molar-refractivity contribution in [1.29, 1.82) is 0 Å². The van der Waals surface area contributed by atoms with Crippen LogP contribution in [-0.4, -0.2) is 21.0 Å². The van der Waals surface area contributed by atoms with E-state index in [1.165, 1.54) is 33.9 Å². The molecule has 0 aliphatic heterocycles. The zero-order valence-electron chi connectivity index (χ0n) is 13.5. The van der Waals surface area contributed by atoms with Crippen LogP contribution in [0.1, 0.15) is 23.2 Å². The van der Waals surface area contributed by atoms with E-state index in [1.807, 2.05) is 18.7 Å². The van der Waals surface area contributed by atoms with Crippen LogP contribution in [0.25, 0.3) is 4.96 Å². The average molecular weight is 347 g/mol. The van der Waals surface area contributed by atoms with Gasteiger partial charge in [0.15, 0.2) is 4.96 Å². The van der Waals surface area contributed by atoms with Gasteiger partial charge >= 0.3 is 0 Å². The molecule has 0 bridgehead atoms. The molecule has 24 heavy (non-hydrogen) atoms. The van der Waals surface area contributed by atoms with Crippen molar-refractivity contribution in [2.45, 2.75) is 27.0 Å². The third kappa shape index (κ3) is 3.05. The zero-order chi connectivity index (χ0) is 17.3. The molecule has 0 spiro atoms. The Morgan fingerprint density at radius 1 is 1.33 bits per heavy atom. The van der Waals surface area contributed by atoms with Gasteiger partial charge in [0.05, 0.1) is 24.5 Å². The van der Waals surface area contributed by atoms with Crippen LogP contribution in [0.2, 0.25) is 0 Å². The van der Waals surface area contributed by atoms with Crippen LogP contribution in [0.3, 0.4) is 0 Å². The smallest absolute Gasteiger partial charge is 0.259 e. The number of anilines is 1. The van der Waals surface area contributed by atoms with E-state index in [0.29, 0.717) is 29.4 Å². The molecule has 1 N–H and O–H groups in total. The Morgan fingerprint density at radius 2 is 2.04 bits per heavy atom. The standard InChI is InChI=1S/C17H18FN3O2S/c1-3-20(14-6-4-12(18)5-7-14)9-13-8-16(23)21-15(10-22)11(2)24-17(21)19-13/h4-8,22H,3,9-10H2,1-2H3. The molecule has 2 aromatic heterocycles. The van der Waals surface area contributed by atoms with Gasteiger partial charge < -0.3 is 10.0 Å². The number of aliphatic hydroxyl groups is 1. The van der Waals surface area contributed by atoms with E-state index in [1.54, 1.807) is 12.1 Å². The Balaban J connectivity index is 1.97. The van der Waals surface area contributed by atoms with Gasteiger partial charge in [0, 0.05) is 23.2 Å². The molecular weight excluding hydrogens is 329 g/mol. The van der Waals surface area contributed by atoms with Crippen molar-refractivity contribution in [2.75, 3.05) is 11.4 Å². The summed E-state index contributed by atoms with van der Waals surface area (Å²) < 4.78 is 14.5. The van der Waals surface area contributed by atoms with Crippen LogP contribution < -0.4 is 10.5 Å². The lowest BCUT2D eigenvalue weighted by Gasteiger charge is -2.22. The number of fused-ring (bicyclic) bond motifs is 1. The summed E-state index contributed by atoms with van der Waals surface area (Å²) >= 11 is 1.39. The van der Waals surface area contributed by atoms with Crippen LogP contribution in [-0.2, 0) is 13.2 Å². The molecule has 3 rings (SSSR count). The van der Waals surface area contributed by atoms with Crippen LogP contribution in [0.4, 0.5) is 10.1 Å². The molecule has 0 saturated heterocycles. The first kappa shape index (κ1) is 16.6. The summed E-state index contributed by atoms with van der Waals surface area (Å²) in [6, 6.07) is 7.75. The fraction of sp³-hybridized carbons (Fsp3) is 0.294. The molecule has 0 saturated carbocycles. The molecule has 0 amide bonds. The van der Waals surface area contributed by atoms with Crippen molar-refractivity contribution in [1.82, 2.24) is 9.38 Å². The Morgan fingerprint density at radius 3 is 2.67 bits per heavy atom. The largest absolute Gasteiger partial charge is 0.390 e. The van der Waals surface area contributed by atoms with Gasteiger partial charge in [0.2, 0.25) is 0 Å². The number of benzene rings is 1. The van der Waals surface area contributed by atoms with Gasteiger partial charge in [0.1, 0.15) is 5.82 Å². The highest BCUT2D eigenvalue weighted by molar-refractivity contribution is 7.17. The number of hydrogen-bond donors (Lipinski definition) is 1. The summed E-state index contributed by atoms with van der Waals surface area (Å²) in [4.78, 5) is 20.4. The van der Waals surface area contributed by atoms with Crippen molar-refractivity contribution >= 4 is 22.0 Å². The third-order valence-corrected chi connectivity index (χ3v) is 4.94. The second kappa shape index (κ2) is 6.70. The number of hydrogen-bond acceptors (Lipinski definition) is 5. The minimum atomic E-state index is -0.279. The lowest BCUT2D eigenvalue weighted by atomic mass is 10.2. The van der Waals surface area contributed by atoms with E-state index >= 15 is 0 Å². The summed E-state index contributed by atoms with van der Waals surface area (Å²) in [7, 11) is 0. The van der Waals surface area contributed by atoms with E-state index in [-0.39, 0.29) is 18.0 Å². The second-order valence-electron chi connectivity index (χ2n) is 5.46. The number of thiazole rings is 1. The van der Waals surface area contributed by atoms with Crippen molar-refractivity contribution < 1.29 is 9.50 Å². The molecule has 0 fully saturated rings. The third-order valence-electron chi connectivity index (χ3n) is 3.94. The normalized spacial score (nSPS) is 11.2. The first-order valence-corrected chi connectivity index (χ1v) is 8.47. The Kier molecular flexibility index (Phi) is 4.64. The summed E-state index contributed by atoms with van der Waals surface area (Å²) in [5, 5.41) is 9.43. The predicted molar refractivity (Wildman–Crippen MR) is 93.1 cm³/mol. The summed E-state index contributed by atoms with van der Waals surface area (Å²) in [5.74, 6) is -0.279. The Hall–Kier alpha value is -2.25. The predicted octanol–water partition coefficient (Wildman–Crippen LogP) is 2.72. The topological polar surface area (TPSA) is 57.8 Å². The highest BCUT2D eigenvalue weighted by atomic mass is 32.1. The molecule has 0 aliphatic rings. The average Bonchev–Trinajstić information content (AvgIpc) is 2.89. The fourth-order valence-electron chi connectivity index (χ4n) is 2.67. The summed E-state index contributed by atoms with van der Waals surface area (Å²) in [6.45, 7) is 4.83. The molecule has 0 unspecified atom stereocenters. The van der Waals surface area contributed by atoms with Crippen molar-refractivity contribution in [3.63, 3.8) is 0 Å². The lowest BCUT2D eigenvalue weighted by Crippen LogP contribution is -2.25. The zero-order valence-corrected chi connectivity index (χ0v) is 14.3.